The van der Waals surface area contributed by atoms with E-state index in [1.54, 1.807) is 27.6 Å². The molecule has 2 amide bonds. The molecule has 27 heavy (non-hydrogen) atoms. The fourth-order valence-electron chi connectivity index (χ4n) is 2.54. The summed E-state index contributed by atoms with van der Waals surface area (Å²) in [4.78, 5) is 24.8. The van der Waals surface area contributed by atoms with Gasteiger partial charge < -0.3 is 10.6 Å². The largest absolute Gasteiger partial charge is 0.347 e. The molecule has 0 saturated carbocycles. The van der Waals surface area contributed by atoms with Gasteiger partial charge in [-0.1, -0.05) is 6.07 Å². The number of amides is 2. The highest BCUT2D eigenvalue weighted by Crippen LogP contribution is 2.22. The molecule has 3 aromatic heterocycles. The molecule has 0 bridgehead atoms. The number of fused-ring (bicyclic) bond motifs is 1. The minimum atomic E-state index is -0.566. The molecular weight excluding hydrogens is 384 g/mol. The zero-order valence-corrected chi connectivity index (χ0v) is 16.6. The Hall–Kier alpha value is -2.46. The van der Waals surface area contributed by atoms with Crippen LogP contribution in [0.5, 0.6) is 0 Å². The van der Waals surface area contributed by atoms with Crippen LogP contribution in [-0.4, -0.2) is 49.7 Å². The van der Waals surface area contributed by atoms with Crippen molar-refractivity contribution in [3.05, 3.63) is 35.5 Å². The van der Waals surface area contributed by atoms with Gasteiger partial charge in [0.25, 0.3) is 0 Å². The number of carbonyl (C=O) groups is 2. The minimum Gasteiger partial charge on any atom is -0.347 e. The van der Waals surface area contributed by atoms with Gasteiger partial charge in [-0.25, -0.2) is 0 Å². The number of nitrogens with one attached hydrogen (secondary N) is 2. The van der Waals surface area contributed by atoms with Gasteiger partial charge in [0.2, 0.25) is 11.8 Å². The maximum Gasteiger partial charge on any atom is 0.242 e. The molecule has 3 aromatic rings. The van der Waals surface area contributed by atoms with E-state index in [4.69, 9.17) is 0 Å². The number of hydrogen-bond acceptors (Lipinski definition) is 7. The molecule has 0 aromatic carbocycles. The fraction of sp³-hybridized carbons (Fsp3) is 0.353. The van der Waals surface area contributed by atoms with Crippen LogP contribution in [0.15, 0.2) is 29.6 Å². The second kappa shape index (κ2) is 8.96. The highest BCUT2D eigenvalue weighted by Gasteiger charge is 2.19. The number of thiophene rings is 1. The van der Waals surface area contributed by atoms with Gasteiger partial charge in [0.15, 0.2) is 11.5 Å². The molecule has 10 heteroatoms. The lowest BCUT2D eigenvalue weighted by molar-refractivity contribution is -0.128. The standard InChI is InChI=1S/C17H20N6O2S2/c1-11(24)19-13(7-9-26-2)17(25)18-10-16-21-20-15-6-5-12(22-23(15)16)14-4-3-8-27-14/h3-6,8,13H,7,9-10H2,1-2H3,(H,18,25)(H,19,24). The van der Waals surface area contributed by atoms with Gasteiger partial charge in [-0.15, -0.1) is 21.5 Å². The van der Waals surface area contributed by atoms with E-state index in [0.29, 0.717) is 17.9 Å². The predicted octanol–water partition coefficient (Wildman–Crippen LogP) is 1.73. The zero-order chi connectivity index (χ0) is 19.2. The summed E-state index contributed by atoms with van der Waals surface area (Å²) in [6.07, 6.45) is 2.52. The van der Waals surface area contributed by atoms with Crippen LogP contribution in [0.1, 0.15) is 19.2 Å². The van der Waals surface area contributed by atoms with Crippen molar-refractivity contribution >= 4 is 40.6 Å². The van der Waals surface area contributed by atoms with Crippen molar-refractivity contribution in [2.75, 3.05) is 12.0 Å². The second-order valence-corrected chi connectivity index (χ2v) is 7.77. The van der Waals surface area contributed by atoms with Crippen molar-refractivity contribution in [2.24, 2.45) is 0 Å². The molecule has 142 valence electrons. The first kappa shape index (κ1) is 19.3. The maximum atomic E-state index is 12.5. The molecule has 3 rings (SSSR count). The quantitative estimate of drug-likeness (QED) is 0.593. The van der Waals surface area contributed by atoms with E-state index >= 15 is 0 Å². The second-order valence-electron chi connectivity index (χ2n) is 5.83. The average Bonchev–Trinajstić information content (AvgIpc) is 3.32. The number of thioether (sulfide) groups is 1. The molecule has 1 unspecified atom stereocenters. The smallest absolute Gasteiger partial charge is 0.242 e. The average molecular weight is 405 g/mol. The van der Waals surface area contributed by atoms with Crippen LogP contribution in [0.3, 0.4) is 0 Å². The highest BCUT2D eigenvalue weighted by molar-refractivity contribution is 7.98. The zero-order valence-electron chi connectivity index (χ0n) is 15.0. The number of aromatic nitrogens is 4. The van der Waals surface area contributed by atoms with Gasteiger partial charge in [-0.05, 0) is 42.0 Å². The molecule has 0 aliphatic carbocycles. The summed E-state index contributed by atoms with van der Waals surface area (Å²) in [7, 11) is 0. The molecule has 8 nitrogen and oxygen atoms in total. The number of hydrogen-bond donors (Lipinski definition) is 2. The van der Waals surface area contributed by atoms with Crippen molar-refractivity contribution in [1.29, 1.82) is 0 Å². The van der Waals surface area contributed by atoms with Crippen molar-refractivity contribution in [3.63, 3.8) is 0 Å². The summed E-state index contributed by atoms with van der Waals surface area (Å²) < 4.78 is 1.63. The molecule has 3 heterocycles. The van der Waals surface area contributed by atoms with Crippen LogP contribution in [0, 0.1) is 0 Å². The van der Waals surface area contributed by atoms with Gasteiger partial charge in [0, 0.05) is 6.92 Å². The maximum absolute atomic E-state index is 12.5. The number of carbonyl (C=O) groups excluding carboxylic acids is 2. The summed E-state index contributed by atoms with van der Waals surface area (Å²) in [5.74, 6) is 0.831. The third-order valence-electron chi connectivity index (χ3n) is 3.83. The van der Waals surface area contributed by atoms with Crippen molar-refractivity contribution in [3.8, 4) is 10.6 Å². The summed E-state index contributed by atoms with van der Waals surface area (Å²) in [5.41, 5.74) is 1.43. The molecule has 0 aliphatic rings. The Bertz CT molecular complexity index is 925. The van der Waals surface area contributed by atoms with Crippen LogP contribution >= 0.6 is 23.1 Å². The lowest BCUT2D eigenvalue weighted by Crippen LogP contribution is -2.46. The first-order valence-electron chi connectivity index (χ1n) is 8.37. The minimum absolute atomic E-state index is 0.177. The lowest BCUT2D eigenvalue weighted by atomic mass is 10.2. The predicted molar refractivity (Wildman–Crippen MR) is 107 cm³/mol. The molecular formula is C17H20N6O2S2. The molecule has 0 spiro atoms. The normalized spacial score (nSPS) is 12.1. The van der Waals surface area contributed by atoms with E-state index in [-0.39, 0.29) is 18.4 Å². The fourth-order valence-corrected chi connectivity index (χ4v) is 3.70. The van der Waals surface area contributed by atoms with E-state index in [1.807, 2.05) is 35.9 Å². The van der Waals surface area contributed by atoms with Gasteiger partial charge in [-0.2, -0.15) is 21.4 Å². The van der Waals surface area contributed by atoms with Crippen LogP contribution in [0.25, 0.3) is 16.2 Å². The van der Waals surface area contributed by atoms with E-state index in [9.17, 15) is 9.59 Å². The van der Waals surface area contributed by atoms with Crippen molar-refractivity contribution < 1.29 is 9.59 Å². The number of rotatable bonds is 8. The van der Waals surface area contributed by atoms with Crippen LogP contribution in [0.4, 0.5) is 0 Å². The molecule has 1 atom stereocenters. The van der Waals surface area contributed by atoms with Gasteiger partial charge >= 0.3 is 0 Å². The molecule has 0 aliphatic heterocycles. The first-order valence-corrected chi connectivity index (χ1v) is 10.6. The van der Waals surface area contributed by atoms with E-state index in [0.717, 1.165) is 16.3 Å². The van der Waals surface area contributed by atoms with Crippen LogP contribution in [0.2, 0.25) is 0 Å². The molecule has 2 N–H and O–H groups in total. The van der Waals surface area contributed by atoms with Gasteiger partial charge in [-0.3, -0.25) is 9.59 Å². The topological polar surface area (TPSA) is 101 Å². The molecule has 0 radical (unpaired) electrons. The lowest BCUT2D eigenvalue weighted by Gasteiger charge is -2.16. The highest BCUT2D eigenvalue weighted by atomic mass is 32.2. The Morgan fingerprint density at radius 3 is 2.85 bits per heavy atom. The molecule has 0 saturated heterocycles. The number of nitrogens with zero attached hydrogens (tertiary/aromatic N) is 4. The Morgan fingerprint density at radius 2 is 2.15 bits per heavy atom. The van der Waals surface area contributed by atoms with E-state index < -0.39 is 6.04 Å². The molecule has 0 fully saturated rings. The first-order chi connectivity index (χ1) is 13.1. The third-order valence-corrected chi connectivity index (χ3v) is 5.36. The SMILES string of the molecule is CSCCC(NC(C)=O)C(=O)NCc1nnc2ccc(-c3cccs3)nn12. The summed E-state index contributed by atoms with van der Waals surface area (Å²) in [6.45, 7) is 1.58. The van der Waals surface area contributed by atoms with Gasteiger partial charge in [0.05, 0.1) is 11.4 Å². The Kier molecular flexibility index (Phi) is 6.40. The summed E-state index contributed by atoms with van der Waals surface area (Å²) >= 11 is 3.23. The Morgan fingerprint density at radius 1 is 1.30 bits per heavy atom. The third kappa shape index (κ3) is 4.83. The summed E-state index contributed by atoms with van der Waals surface area (Å²) in [6, 6.07) is 7.14. The van der Waals surface area contributed by atoms with Crippen molar-refractivity contribution in [2.45, 2.75) is 25.9 Å². The van der Waals surface area contributed by atoms with E-state index in [2.05, 4.69) is 25.9 Å². The Labute approximate surface area is 164 Å². The van der Waals surface area contributed by atoms with Crippen LogP contribution < -0.4 is 10.6 Å². The monoisotopic (exact) mass is 404 g/mol. The van der Waals surface area contributed by atoms with E-state index in [1.165, 1.54) is 6.92 Å². The Balaban J connectivity index is 1.73. The summed E-state index contributed by atoms with van der Waals surface area (Å²) in [5, 5.41) is 20.3. The van der Waals surface area contributed by atoms with Crippen molar-refractivity contribution in [1.82, 2.24) is 30.4 Å². The van der Waals surface area contributed by atoms with Gasteiger partial charge in [0.1, 0.15) is 11.7 Å². The van der Waals surface area contributed by atoms with Crippen LogP contribution in [-0.2, 0) is 16.1 Å².